The van der Waals surface area contributed by atoms with E-state index >= 15 is 0 Å². The van der Waals surface area contributed by atoms with Crippen LogP contribution in [0.1, 0.15) is 10.4 Å². The number of aromatic nitrogens is 3. The van der Waals surface area contributed by atoms with E-state index in [4.69, 9.17) is 5.73 Å². The zero-order valence-electron chi connectivity index (χ0n) is 10.8. The van der Waals surface area contributed by atoms with Gasteiger partial charge in [0.25, 0.3) is 0 Å². The first kappa shape index (κ1) is 12.2. The molecule has 0 saturated carbocycles. The van der Waals surface area contributed by atoms with Crippen LogP contribution < -0.4 is 5.73 Å². The number of nitrogens with zero attached hydrogens (tertiary/aromatic N) is 3. The molecule has 2 heterocycles. The van der Waals surface area contributed by atoms with Crippen molar-refractivity contribution in [3.05, 3.63) is 48.3 Å². The van der Waals surface area contributed by atoms with Crippen LogP contribution in [0, 0.1) is 0 Å². The van der Waals surface area contributed by atoms with Crippen LogP contribution in [0.5, 0.6) is 0 Å². The number of nitrogens with two attached hydrogens (primary N) is 1. The van der Waals surface area contributed by atoms with E-state index < -0.39 is 5.97 Å². The normalized spacial score (nSPS) is 10.7. The third kappa shape index (κ3) is 1.78. The molecule has 0 unspecified atom stereocenters. The fourth-order valence-electron chi connectivity index (χ4n) is 2.04. The summed E-state index contributed by atoms with van der Waals surface area (Å²) in [6, 6.07) is 9.73. The Bertz CT molecular complexity index is 780. The predicted octanol–water partition coefficient (Wildman–Crippen LogP) is 1.77. The van der Waals surface area contributed by atoms with Crippen molar-refractivity contribution in [1.29, 1.82) is 0 Å². The van der Waals surface area contributed by atoms with Crippen LogP contribution in [-0.2, 0) is 4.74 Å². The Kier molecular flexibility index (Phi) is 2.83. The number of hydrogen-bond donors (Lipinski definition) is 1. The van der Waals surface area contributed by atoms with E-state index in [1.807, 2.05) is 30.3 Å². The van der Waals surface area contributed by atoms with Crippen LogP contribution >= 0.6 is 0 Å². The zero-order chi connectivity index (χ0) is 14.1. The van der Waals surface area contributed by atoms with Crippen molar-refractivity contribution in [2.75, 3.05) is 12.8 Å². The summed E-state index contributed by atoms with van der Waals surface area (Å²) in [5.74, 6) is -0.322. The summed E-state index contributed by atoms with van der Waals surface area (Å²) in [5.41, 5.74) is 8.58. The van der Waals surface area contributed by atoms with Gasteiger partial charge in [0.05, 0.1) is 13.3 Å². The molecule has 0 fully saturated rings. The second kappa shape index (κ2) is 4.65. The molecule has 0 aliphatic rings. The second-order valence-corrected chi connectivity index (χ2v) is 4.21. The van der Waals surface area contributed by atoms with Gasteiger partial charge in [-0.15, -0.1) is 0 Å². The quantitative estimate of drug-likeness (QED) is 0.716. The molecule has 1 aromatic carbocycles. The van der Waals surface area contributed by atoms with Gasteiger partial charge in [-0.1, -0.05) is 30.3 Å². The fourth-order valence-corrected chi connectivity index (χ4v) is 2.04. The minimum absolute atomic E-state index is 0.197. The molecule has 2 N–H and O–H groups in total. The maximum Gasteiger partial charge on any atom is 0.343 e. The van der Waals surface area contributed by atoms with Crippen molar-refractivity contribution in [3.8, 4) is 11.1 Å². The van der Waals surface area contributed by atoms with E-state index in [-0.39, 0.29) is 11.4 Å². The van der Waals surface area contributed by atoms with Gasteiger partial charge in [0.15, 0.2) is 5.65 Å². The van der Waals surface area contributed by atoms with Crippen molar-refractivity contribution in [2.24, 2.45) is 0 Å². The van der Waals surface area contributed by atoms with Crippen LogP contribution in [0.25, 0.3) is 16.8 Å². The van der Waals surface area contributed by atoms with Crippen molar-refractivity contribution in [3.63, 3.8) is 0 Å². The number of hydrogen-bond acceptors (Lipinski definition) is 5. The number of fused-ring (bicyclic) bond motifs is 1. The number of benzene rings is 1. The Labute approximate surface area is 114 Å². The number of rotatable bonds is 2. The molecule has 3 rings (SSSR count). The van der Waals surface area contributed by atoms with E-state index in [9.17, 15) is 4.79 Å². The van der Waals surface area contributed by atoms with E-state index in [1.165, 1.54) is 17.8 Å². The Morgan fingerprint density at radius 2 is 2.00 bits per heavy atom. The van der Waals surface area contributed by atoms with Crippen LogP contribution in [0.3, 0.4) is 0 Å². The van der Waals surface area contributed by atoms with Gasteiger partial charge in [-0.25, -0.2) is 9.78 Å². The topological polar surface area (TPSA) is 82.5 Å². The molecule has 2 aromatic heterocycles. The maximum absolute atomic E-state index is 11.6. The standard InChI is InChI=1S/C14H12N4O2/c1-20-14(19)11-7-16-13-10(8-17-18(13)12(11)15)9-5-3-2-4-6-9/h2-8H,15H2,1H3. The van der Waals surface area contributed by atoms with Crippen molar-refractivity contribution in [1.82, 2.24) is 14.6 Å². The summed E-state index contributed by atoms with van der Waals surface area (Å²) in [5, 5.41) is 4.19. The van der Waals surface area contributed by atoms with Gasteiger partial charge in [-0.05, 0) is 5.56 Å². The summed E-state index contributed by atoms with van der Waals surface area (Å²) in [6.07, 6.45) is 3.08. The van der Waals surface area contributed by atoms with Crippen LogP contribution in [0.4, 0.5) is 5.82 Å². The molecule has 0 radical (unpaired) electrons. The molecule has 0 atom stereocenters. The Morgan fingerprint density at radius 3 is 2.70 bits per heavy atom. The van der Waals surface area contributed by atoms with Gasteiger partial charge in [-0.2, -0.15) is 9.61 Å². The number of anilines is 1. The number of carbonyl (C=O) groups is 1. The minimum Gasteiger partial charge on any atom is -0.465 e. The molecule has 0 bridgehead atoms. The largest absolute Gasteiger partial charge is 0.465 e. The minimum atomic E-state index is -0.534. The molecule has 0 aliphatic carbocycles. The van der Waals surface area contributed by atoms with Gasteiger partial charge < -0.3 is 10.5 Å². The lowest BCUT2D eigenvalue weighted by molar-refractivity contribution is 0.0601. The molecule has 20 heavy (non-hydrogen) atoms. The summed E-state index contributed by atoms with van der Waals surface area (Å²) in [7, 11) is 1.30. The van der Waals surface area contributed by atoms with Gasteiger partial charge in [0.2, 0.25) is 0 Å². The maximum atomic E-state index is 11.6. The number of esters is 1. The highest BCUT2D eigenvalue weighted by Crippen LogP contribution is 2.25. The second-order valence-electron chi connectivity index (χ2n) is 4.21. The first-order valence-electron chi connectivity index (χ1n) is 5.98. The Morgan fingerprint density at radius 1 is 1.25 bits per heavy atom. The van der Waals surface area contributed by atoms with Crippen molar-refractivity contribution >= 4 is 17.4 Å². The van der Waals surface area contributed by atoms with E-state index in [0.717, 1.165) is 11.1 Å². The van der Waals surface area contributed by atoms with Gasteiger partial charge in [0, 0.05) is 11.8 Å². The molecular formula is C14H12N4O2. The summed E-state index contributed by atoms with van der Waals surface area (Å²) in [6.45, 7) is 0. The van der Waals surface area contributed by atoms with Gasteiger partial charge in [0.1, 0.15) is 11.4 Å². The highest BCUT2D eigenvalue weighted by molar-refractivity contribution is 5.94. The molecule has 0 spiro atoms. The highest BCUT2D eigenvalue weighted by atomic mass is 16.5. The van der Waals surface area contributed by atoms with E-state index in [0.29, 0.717) is 5.65 Å². The molecule has 0 aliphatic heterocycles. The molecule has 100 valence electrons. The van der Waals surface area contributed by atoms with Crippen LogP contribution in [0.2, 0.25) is 0 Å². The Hall–Kier alpha value is -2.89. The zero-order valence-corrected chi connectivity index (χ0v) is 10.8. The third-order valence-corrected chi connectivity index (χ3v) is 3.05. The lowest BCUT2D eigenvalue weighted by Crippen LogP contribution is -2.11. The smallest absolute Gasteiger partial charge is 0.343 e. The number of ether oxygens (including phenoxy) is 1. The lowest BCUT2D eigenvalue weighted by atomic mass is 10.1. The van der Waals surface area contributed by atoms with Crippen LogP contribution in [0.15, 0.2) is 42.7 Å². The van der Waals surface area contributed by atoms with Gasteiger partial charge >= 0.3 is 5.97 Å². The molecule has 6 heteroatoms. The molecule has 3 aromatic rings. The average molecular weight is 268 g/mol. The first-order chi connectivity index (χ1) is 9.72. The molecule has 6 nitrogen and oxygen atoms in total. The number of nitrogen functional groups attached to an aromatic ring is 1. The lowest BCUT2D eigenvalue weighted by Gasteiger charge is -2.05. The number of methoxy groups -OCH3 is 1. The van der Waals surface area contributed by atoms with Gasteiger partial charge in [-0.3, -0.25) is 0 Å². The predicted molar refractivity (Wildman–Crippen MR) is 74.2 cm³/mol. The van der Waals surface area contributed by atoms with Crippen molar-refractivity contribution < 1.29 is 9.53 Å². The molecule has 0 amide bonds. The van der Waals surface area contributed by atoms with E-state index in [1.54, 1.807) is 6.20 Å². The van der Waals surface area contributed by atoms with E-state index in [2.05, 4.69) is 14.8 Å². The SMILES string of the molecule is COC(=O)c1cnc2c(-c3ccccc3)cnn2c1N. The summed E-state index contributed by atoms with van der Waals surface area (Å²) in [4.78, 5) is 15.8. The number of carbonyl (C=O) groups excluding carboxylic acids is 1. The fraction of sp³-hybridized carbons (Fsp3) is 0.0714. The van der Waals surface area contributed by atoms with Crippen LogP contribution in [-0.4, -0.2) is 27.7 Å². The molecule has 0 saturated heterocycles. The average Bonchev–Trinajstić information content (AvgIpc) is 2.92. The summed E-state index contributed by atoms with van der Waals surface area (Å²) < 4.78 is 6.10. The van der Waals surface area contributed by atoms with Crippen molar-refractivity contribution in [2.45, 2.75) is 0 Å². The highest BCUT2D eigenvalue weighted by Gasteiger charge is 2.16. The monoisotopic (exact) mass is 268 g/mol. The molecular weight excluding hydrogens is 256 g/mol. The Balaban J connectivity index is 2.21. The summed E-state index contributed by atoms with van der Waals surface area (Å²) >= 11 is 0. The first-order valence-corrected chi connectivity index (χ1v) is 5.98. The third-order valence-electron chi connectivity index (χ3n) is 3.05.